The number of hydrogen-bond donors (Lipinski definition) is 2. The molecule has 1 saturated carbocycles. The maximum atomic E-state index is 11.9. The maximum Gasteiger partial charge on any atom is 0.319 e. The molecule has 96 valence electrons. The highest BCUT2D eigenvalue weighted by Gasteiger charge is 2.50. The van der Waals surface area contributed by atoms with Crippen LogP contribution in [0.1, 0.15) is 24.8 Å². The first kappa shape index (κ1) is 12.5. The van der Waals surface area contributed by atoms with E-state index in [9.17, 15) is 9.59 Å². The lowest BCUT2D eigenvalue weighted by Crippen LogP contribution is -2.51. The van der Waals surface area contributed by atoms with E-state index in [4.69, 9.17) is 5.11 Å². The predicted molar refractivity (Wildman–Crippen MR) is 64.9 cm³/mol. The lowest BCUT2D eigenvalue weighted by Gasteiger charge is -2.35. The van der Waals surface area contributed by atoms with Crippen molar-refractivity contribution < 1.29 is 14.7 Å². The van der Waals surface area contributed by atoms with E-state index in [0.29, 0.717) is 25.8 Å². The first-order chi connectivity index (χ1) is 8.65. The Kier molecular flexibility index (Phi) is 3.60. The SMILES string of the molecule is O=C(O)C1(C(=O)NCCc2cccnc2)CCC1. The number of rotatable bonds is 5. The molecule has 1 aromatic rings. The zero-order valence-electron chi connectivity index (χ0n) is 10.1. The first-order valence-electron chi connectivity index (χ1n) is 6.06. The van der Waals surface area contributed by atoms with Crippen molar-refractivity contribution in [2.24, 2.45) is 5.41 Å². The molecule has 2 rings (SSSR count). The number of nitrogens with zero attached hydrogens (tertiary/aromatic N) is 1. The van der Waals surface area contributed by atoms with Crippen LogP contribution in [0.4, 0.5) is 0 Å². The number of amides is 1. The van der Waals surface area contributed by atoms with Crippen LogP contribution < -0.4 is 5.32 Å². The lowest BCUT2D eigenvalue weighted by molar-refractivity contribution is -0.162. The van der Waals surface area contributed by atoms with Crippen LogP contribution in [0.15, 0.2) is 24.5 Å². The lowest BCUT2D eigenvalue weighted by atomic mass is 9.68. The molecule has 0 unspecified atom stereocenters. The number of carbonyl (C=O) groups excluding carboxylic acids is 1. The molecule has 18 heavy (non-hydrogen) atoms. The van der Waals surface area contributed by atoms with E-state index in [1.807, 2.05) is 12.1 Å². The highest BCUT2D eigenvalue weighted by molar-refractivity contribution is 6.02. The van der Waals surface area contributed by atoms with Gasteiger partial charge in [0.2, 0.25) is 5.91 Å². The van der Waals surface area contributed by atoms with Crippen molar-refractivity contribution in [3.8, 4) is 0 Å². The molecule has 1 fully saturated rings. The Balaban J connectivity index is 1.84. The normalized spacial score (nSPS) is 16.7. The summed E-state index contributed by atoms with van der Waals surface area (Å²) >= 11 is 0. The van der Waals surface area contributed by atoms with Gasteiger partial charge in [0.1, 0.15) is 5.41 Å². The van der Waals surface area contributed by atoms with Crippen molar-refractivity contribution in [2.75, 3.05) is 6.54 Å². The molecule has 1 amide bonds. The van der Waals surface area contributed by atoms with Crippen LogP contribution in [0.5, 0.6) is 0 Å². The van der Waals surface area contributed by atoms with Gasteiger partial charge >= 0.3 is 5.97 Å². The van der Waals surface area contributed by atoms with Crippen molar-refractivity contribution in [1.82, 2.24) is 10.3 Å². The predicted octanol–water partition coefficient (Wildman–Crippen LogP) is 0.995. The van der Waals surface area contributed by atoms with Crippen LogP contribution in [-0.4, -0.2) is 28.5 Å². The van der Waals surface area contributed by atoms with Crippen LogP contribution in [0.3, 0.4) is 0 Å². The molecule has 0 spiro atoms. The molecule has 2 N–H and O–H groups in total. The van der Waals surface area contributed by atoms with Gasteiger partial charge in [0.25, 0.3) is 0 Å². The van der Waals surface area contributed by atoms with E-state index in [2.05, 4.69) is 10.3 Å². The summed E-state index contributed by atoms with van der Waals surface area (Å²) in [5, 5.41) is 11.8. The number of aliphatic carboxylic acids is 1. The van der Waals surface area contributed by atoms with Gasteiger partial charge in [0.05, 0.1) is 0 Å². The van der Waals surface area contributed by atoms with Gasteiger partial charge in [-0.05, 0) is 30.9 Å². The summed E-state index contributed by atoms with van der Waals surface area (Å²) in [6.45, 7) is 0.444. The summed E-state index contributed by atoms with van der Waals surface area (Å²) in [5.41, 5.74) is -0.148. The van der Waals surface area contributed by atoms with Crippen molar-refractivity contribution in [1.29, 1.82) is 0 Å². The molecule has 5 heteroatoms. The topological polar surface area (TPSA) is 79.3 Å². The van der Waals surface area contributed by atoms with Gasteiger partial charge in [-0.3, -0.25) is 14.6 Å². The second-order valence-electron chi connectivity index (χ2n) is 4.61. The van der Waals surface area contributed by atoms with Gasteiger partial charge in [-0.25, -0.2) is 0 Å². The van der Waals surface area contributed by atoms with Crippen LogP contribution >= 0.6 is 0 Å². The smallest absolute Gasteiger partial charge is 0.319 e. The van der Waals surface area contributed by atoms with Crippen LogP contribution in [-0.2, 0) is 16.0 Å². The number of carboxylic acids is 1. The maximum absolute atomic E-state index is 11.9. The second kappa shape index (κ2) is 5.16. The summed E-state index contributed by atoms with van der Waals surface area (Å²) in [6.07, 6.45) is 5.79. The molecule has 0 bridgehead atoms. The molecular formula is C13H16N2O3. The van der Waals surface area contributed by atoms with Gasteiger partial charge < -0.3 is 10.4 Å². The highest BCUT2D eigenvalue weighted by atomic mass is 16.4. The Bertz CT molecular complexity index is 441. The average Bonchev–Trinajstić information content (AvgIpc) is 2.28. The largest absolute Gasteiger partial charge is 0.480 e. The molecule has 0 aliphatic heterocycles. The fourth-order valence-electron chi connectivity index (χ4n) is 2.10. The van der Waals surface area contributed by atoms with E-state index >= 15 is 0 Å². The van der Waals surface area contributed by atoms with Crippen molar-refractivity contribution in [2.45, 2.75) is 25.7 Å². The highest BCUT2D eigenvalue weighted by Crippen LogP contribution is 2.41. The molecule has 5 nitrogen and oxygen atoms in total. The van der Waals surface area contributed by atoms with Crippen LogP contribution in [0.2, 0.25) is 0 Å². The summed E-state index contributed by atoms with van der Waals surface area (Å²) in [7, 11) is 0. The van der Waals surface area contributed by atoms with Gasteiger partial charge in [-0.1, -0.05) is 12.5 Å². The third-order valence-electron chi connectivity index (χ3n) is 3.47. The Labute approximate surface area is 105 Å². The molecule has 1 aromatic heterocycles. The quantitative estimate of drug-likeness (QED) is 0.762. The first-order valence-corrected chi connectivity index (χ1v) is 6.06. The van der Waals surface area contributed by atoms with E-state index in [0.717, 1.165) is 12.0 Å². The van der Waals surface area contributed by atoms with Gasteiger partial charge in [-0.2, -0.15) is 0 Å². The van der Waals surface area contributed by atoms with Gasteiger partial charge in [0, 0.05) is 18.9 Å². The van der Waals surface area contributed by atoms with E-state index in [-0.39, 0.29) is 5.91 Å². The minimum atomic E-state index is -1.17. The third-order valence-corrected chi connectivity index (χ3v) is 3.47. The number of nitrogens with one attached hydrogen (secondary N) is 1. The van der Waals surface area contributed by atoms with E-state index < -0.39 is 11.4 Å². The van der Waals surface area contributed by atoms with E-state index in [1.54, 1.807) is 12.4 Å². The van der Waals surface area contributed by atoms with Crippen molar-refractivity contribution >= 4 is 11.9 Å². The number of pyridine rings is 1. The average molecular weight is 248 g/mol. The molecule has 1 heterocycles. The number of carbonyl (C=O) groups is 2. The molecule has 0 radical (unpaired) electrons. The summed E-state index contributed by atoms with van der Waals surface area (Å²) in [6, 6.07) is 3.76. The standard InChI is InChI=1S/C13H16N2O3/c16-11(13(12(17)18)5-2-6-13)15-8-4-10-3-1-7-14-9-10/h1,3,7,9H,2,4-6,8H2,(H,15,16)(H,17,18). The third kappa shape index (κ3) is 2.34. The Morgan fingerprint density at radius 2 is 2.22 bits per heavy atom. The molecule has 0 saturated heterocycles. The van der Waals surface area contributed by atoms with Gasteiger partial charge in [-0.15, -0.1) is 0 Å². The number of hydrogen-bond acceptors (Lipinski definition) is 3. The zero-order valence-corrected chi connectivity index (χ0v) is 10.1. The molecule has 1 aliphatic carbocycles. The number of carboxylic acid groups (broad SMARTS) is 1. The minimum absolute atomic E-state index is 0.356. The monoisotopic (exact) mass is 248 g/mol. The zero-order chi connectivity index (χ0) is 13.0. The number of aromatic nitrogens is 1. The molecule has 0 aromatic carbocycles. The Hall–Kier alpha value is -1.91. The summed E-state index contributed by atoms with van der Waals surface area (Å²) < 4.78 is 0. The molecule has 0 atom stereocenters. The molecular weight excluding hydrogens is 232 g/mol. The molecule has 1 aliphatic rings. The van der Waals surface area contributed by atoms with E-state index in [1.165, 1.54) is 0 Å². The van der Waals surface area contributed by atoms with Crippen molar-refractivity contribution in [3.63, 3.8) is 0 Å². The fraction of sp³-hybridized carbons (Fsp3) is 0.462. The van der Waals surface area contributed by atoms with Crippen LogP contribution in [0.25, 0.3) is 0 Å². The van der Waals surface area contributed by atoms with Gasteiger partial charge in [0.15, 0.2) is 0 Å². The summed E-state index contributed by atoms with van der Waals surface area (Å²) in [5.74, 6) is -1.36. The fourth-order valence-corrected chi connectivity index (χ4v) is 2.10. The Morgan fingerprint density at radius 1 is 1.44 bits per heavy atom. The van der Waals surface area contributed by atoms with Crippen molar-refractivity contribution in [3.05, 3.63) is 30.1 Å². The Morgan fingerprint density at radius 3 is 2.72 bits per heavy atom. The summed E-state index contributed by atoms with van der Waals surface area (Å²) in [4.78, 5) is 27.0. The van der Waals surface area contributed by atoms with Crippen LogP contribution in [0, 0.1) is 5.41 Å². The minimum Gasteiger partial charge on any atom is -0.480 e. The second-order valence-corrected chi connectivity index (χ2v) is 4.61.